The lowest BCUT2D eigenvalue weighted by molar-refractivity contribution is 0.346. The van der Waals surface area contributed by atoms with Crippen LogP contribution in [0.5, 0.6) is 0 Å². The first-order chi connectivity index (χ1) is 10.2. The number of anilines is 1. The second-order valence-corrected chi connectivity index (χ2v) is 6.30. The van der Waals surface area contributed by atoms with Crippen molar-refractivity contribution >= 4 is 17.3 Å². The largest absolute Gasteiger partial charge is 0.372 e. The van der Waals surface area contributed by atoms with Crippen LogP contribution >= 0.6 is 11.6 Å². The Bertz CT molecular complexity index is 430. The highest BCUT2D eigenvalue weighted by atomic mass is 35.5. The molecule has 4 heteroatoms. The minimum absolute atomic E-state index is 0.856. The molecule has 0 aromatic heterocycles. The Kier molecular flexibility index (Phi) is 6.81. The van der Waals surface area contributed by atoms with Crippen LogP contribution < -0.4 is 10.2 Å². The molecule has 1 N–H and O–H groups in total. The summed E-state index contributed by atoms with van der Waals surface area (Å²) in [5.74, 6) is 0. The minimum Gasteiger partial charge on any atom is -0.372 e. The zero-order valence-corrected chi connectivity index (χ0v) is 14.1. The van der Waals surface area contributed by atoms with Crippen LogP contribution in [0.4, 0.5) is 5.69 Å². The molecule has 1 aliphatic heterocycles. The molecule has 0 radical (unpaired) electrons. The molecule has 1 aromatic carbocycles. The summed E-state index contributed by atoms with van der Waals surface area (Å²) in [5, 5.41) is 4.33. The van der Waals surface area contributed by atoms with Crippen LogP contribution in [0.2, 0.25) is 5.02 Å². The van der Waals surface area contributed by atoms with Gasteiger partial charge in [0, 0.05) is 26.7 Å². The summed E-state index contributed by atoms with van der Waals surface area (Å²) < 4.78 is 0. The predicted molar refractivity (Wildman–Crippen MR) is 92.4 cm³/mol. The first-order valence-electron chi connectivity index (χ1n) is 8.14. The standard InChI is InChI=1S/C17H28ClN3/c1-3-9-19-14-15-7-6-8-16(18)17(15)20(2)12-13-21-10-4-5-11-21/h6-8,19H,3-5,9-14H2,1-2H3. The Balaban J connectivity index is 1.98. The molecule has 1 aliphatic rings. The van der Waals surface area contributed by atoms with Crippen LogP contribution in [0.3, 0.4) is 0 Å². The molecule has 0 bridgehead atoms. The molecule has 1 saturated heterocycles. The van der Waals surface area contributed by atoms with Gasteiger partial charge in [0.25, 0.3) is 0 Å². The quantitative estimate of drug-likeness (QED) is 0.743. The Morgan fingerprint density at radius 2 is 2.05 bits per heavy atom. The van der Waals surface area contributed by atoms with Gasteiger partial charge in [-0.1, -0.05) is 30.7 Å². The van der Waals surface area contributed by atoms with Crippen molar-refractivity contribution in [2.75, 3.05) is 44.7 Å². The number of hydrogen-bond acceptors (Lipinski definition) is 3. The van der Waals surface area contributed by atoms with Gasteiger partial charge < -0.3 is 15.1 Å². The molecule has 0 saturated carbocycles. The van der Waals surface area contributed by atoms with E-state index in [9.17, 15) is 0 Å². The molecule has 118 valence electrons. The van der Waals surface area contributed by atoms with Gasteiger partial charge in [-0.25, -0.2) is 0 Å². The first-order valence-corrected chi connectivity index (χ1v) is 8.51. The van der Waals surface area contributed by atoms with Crippen LogP contribution in [-0.2, 0) is 6.54 Å². The number of halogens is 1. The van der Waals surface area contributed by atoms with E-state index < -0.39 is 0 Å². The number of rotatable bonds is 8. The van der Waals surface area contributed by atoms with E-state index in [1.54, 1.807) is 0 Å². The maximum Gasteiger partial charge on any atom is 0.0642 e. The van der Waals surface area contributed by atoms with Crippen molar-refractivity contribution in [3.05, 3.63) is 28.8 Å². The van der Waals surface area contributed by atoms with Gasteiger partial charge in [-0.05, 0) is 50.5 Å². The van der Waals surface area contributed by atoms with E-state index in [1.807, 2.05) is 12.1 Å². The normalized spacial score (nSPS) is 15.6. The third kappa shape index (κ3) is 4.87. The highest BCUT2D eigenvalue weighted by Gasteiger charge is 2.15. The van der Waals surface area contributed by atoms with Crippen molar-refractivity contribution in [1.29, 1.82) is 0 Å². The third-order valence-electron chi connectivity index (χ3n) is 4.14. The van der Waals surface area contributed by atoms with Crippen molar-refractivity contribution in [1.82, 2.24) is 10.2 Å². The Morgan fingerprint density at radius 3 is 2.76 bits per heavy atom. The lowest BCUT2D eigenvalue weighted by Crippen LogP contribution is -2.32. The fourth-order valence-corrected chi connectivity index (χ4v) is 3.28. The molecule has 1 heterocycles. The average molecular weight is 310 g/mol. The molecule has 1 aromatic rings. The van der Waals surface area contributed by atoms with E-state index in [0.717, 1.165) is 37.6 Å². The lowest BCUT2D eigenvalue weighted by Gasteiger charge is -2.26. The zero-order valence-electron chi connectivity index (χ0n) is 13.4. The van der Waals surface area contributed by atoms with Gasteiger partial charge in [0.1, 0.15) is 0 Å². The Labute approximate surface area is 134 Å². The zero-order chi connectivity index (χ0) is 15.1. The van der Waals surface area contributed by atoms with E-state index in [-0.39, 0.29) is 0 Å². The average Bonchev–Trinajstić information content (AvgIpc) is 2.98. The SMILES string of the molecule is CCCNCc1cccc(Cl)c1N(C)CCN1CCCC1. The summed E-state index contributed by atoms with van der Waals surface area (Å²) in [6.45, 7) is 8.78. The van der Waals surface area contributed by atoms with Crippen molar-refractivity contribution in [3.63, 3.8) is 0 Å². The molecule has 1 fully saturated rings. The fourth-order valence-electron chi connectivity index (χ4n) is 2.94. The molecule has 0 aliphatic carbocycles. The second-order valence-electron chi connectivity index (χ2n) is 5.89. The number of likely N-dealkylation sites (N-methyl/N-ethyl adjacent to an activating group) is 1. The van der Waals surface area contributed by atoms with Crippen LogP contribution in [0.1, 0.15) is 31.7 Å². The van der Waals surface area contributed by atoms with Gasteiger partial charge in [0.2, 0.25) is 0 Å². The Hall–Kier alpha value is -0.770. The molecule has 3 nitrogen and oxygen atoms in total. The highest BCUT2D eigenvalue weighted by Crippen LogP contribution is 2.29. The van der Waals surface area contributed by atoms with E-state index in [4.69, 9.17) is 11.6 Å². The fraction of sp³-hybridized carbons (Fsp3) is 0.647. The number of nitrogens with zero attached hydrogens (tertiary/aromatic N) is 2. The summed E-state index contributed by atoms with van der Waals surface area (Å²) in [5.41, 5.74) is 2.47. The van der Waals surface area contributed by atoms with Crippen LogP contribution in [0.15, 0.2) is 18.2 Å². The summed E-state index contributed by atoms with van der Waals surface area (Å²) in [6, 6.07) is 6.21. The van der Waals surface area contributed by atoms with E-state index in [1.165, 1.54) is 37.2 Å². The van der Waals surface area contributed by atoms with Gasteiger partial charge in [0.15, 0.2) is 0 Å². The van der Waals surface area contributed by atoms with Crippen molar-refractivity contribution in [3.8, 4) is 0 Å². The number of para-hydroxylation sites is 1. The van der Waals surface area contributed by atoms with Gasteiger partial charge in [-0.15, -0.1) is 0 Å². The van der Waals surface area contributed by atoms with Gasteiger partial charge in [-0.3, -0.25) is 0 Å². The lowest BCUT2D eigenvalue weighted by atomic mass is 10.1. The number of nitrogens with one attached hydrogen (secondary N) is 1. The predicted octanol–water partition coefficient (Wildman–Crippen LogP) is 3.37. The van der Waals surface area contributed by atoms with Crippen molar-refractivity contribution in [2.24, 2.45) is 0 Å². The molecule has 2 rings (SSSR count). The van der Waals surface area contributed by atoms with Crippen LogP contribution in [0.25, 0.3) is 0 Å². The Morgan fingerprint density at radius 1 is 1.29 bits per heavy atom. The van der Waals surface area contributed by atoms with Gasteiger partial charge >= 0.3 is 0 Å². The molecule has 0 spiro atoms. The molecule has 0 unspecified atom stereocenters. The summed E-state index contributed by atoms with van der Waals surface area (Å²) >= 11 is 6.45. The number of benzene rings is 1. The van der Waals surface area contributed by atoms with Crippen molar-refractivity contribution in [2.45, 2.75) is 32.7 Å². The molecule has 0 atom stereocenters. The number of likely N-dealkylation sites (tertiary alicyclic amines) is 1. The topological polar surface area (TPSA) is 18.5 Å². The summed E-state index contributed by atoms with van der Waals surface area (Å²) in [6.07, 6.45) is 3.85. The van der Waals surface area contributed by atoms with Crippen molar-refractivity contribution < 1.29 is 0 Å². The molecule has 21 heavy (non-hydrogen) atoms. The van der Waals surface area contributed by atoms with Crippen LogP contribution in [0, 0.1) is 0 Å². The van der Waals surface area contributed by atoms with Gasteiger partial charge in [-0.2, -0.15) is 0 Å². The number of hydrogen-bond donors (Lipinski definition) is 1. The monoisotopic (exact) mass is 309 g/mol. The van der Waals surface area contributed by atoms with E-state index in [2.05, 4.69) is 35.2 Å². The van der Waals surface area contributed by atoms with Crippen LogP contribution in [-0.4, -0.2) is 44.7 Å². The summed E-state index contributed by atoms with van der Waals surface area (Å²) in [7, 11) is 2.15. The van der Waals surface area contributed by atoms with Gasteiger partial charge in [0.05, 0.1) is 10.7 Å². The third-order valence-corrected chi connectivity index (χ3v) is 4.45. The first kappa shape index (κ1) is 16.6. The van der Waals surface area contributed by atoms with E-state index >= 15 is 0 Å². The maximum atomic E-state index is 6.45. The minimum atomic E-state index is 0.856. The molecular weight excluding hydrogens is 282 g/mol. The maximum absolute atomic E-state index is 6.45. The molecular formula is C17H28ClN3. The summed E-state index contributed by atoms with van der Waals surface area (Å²) in [4.78, 5) is 4.85. The smallest absolute Gasteiger partial charge is 0.0642 e. The highest BCUT2D eigenvalue weighted by molar-refractivity contribution is 6.33. The second kappa shape index (κ2) is 8.62. The van der Waals surface area contributed by atoms with E-state index in [0.29, 0.717) is 0 Å². The molecule has 0 amide bonds.